The first kappa shape index (κ1) is 31.7. The minimum Gasteiger partial charge on any atom is -0.488 e. The van der Waals surface area contributed by atoms with Gasteiger partial charge in [-0.05, 0) is 53.9 Å². The highest BCUT2D eigenvalue weighted by molar-refractivity contribution is 9.10. The third kappa shape index (κ3) is 11.1. The molecular formula is C33H30Br2N4O4. The zero-order valence-corrected chi connectivity index (χ0v) is 26.4. The van der Waals surface area contributed by atoms with Gasteiger partial charge in [-0.15, -0.1) is 0 Å². The van der Waals surface area contributed by atoms with E-state index in [1.165, 1.54) is 12.4 Å². The number of rotatable bonds is 14. The van der Waals surface area contributed by atoms with E-state index in [-0.39, 0.29) is 24.7 Å². The van der Waals surface area contributed by atoms with Gasteiger partial charge in [0.25, 0.3) is 0 Å². The van der Waals surface area contributed by atoms with Gasteiger partial charge in [-0.25, -0.2) is 10.9 Å². The lowest BCUT2D eigenvalue weighted by molar-refractivity contribution is -0.122. The van der Waals surface area contributed by atoms with Crippen LogP contribution in [0.25, 0.3) is 0 Å². The van der Waals surface area contributed by atoms with Crippen molar-refractivity contribution in [3.63, 3.8) is 0 Å². The molecule has 0 atom stereocenters. The molecule has 0 saturated carbocycles. The third-order valence-corrected chi connectivity index (χ3v) is 7.00. The number of benzene rings is 4. The van der Waals surface area contributed by atoms with Gasteiger partial charge in [0.15, 0.2) is 0 Å². The van der Waals surface area contributed by atoms with Crippen LogP contribution in [0.1, 0.15) is 41.5 Å². The summed E-state index contributed by atoms with van der Waals surface area (Å²) in [6.07, 6.45) is 3.67. The van der Waals surface area contributed by atoms with Crippen LogP contribution in [-0.2, 0) is 22.8 Å². The molecule has 0 aromatic heterocycles. The van der Waals surface area contributed by atoms with Crippen LogP contribution in [0.5, 0.6) is 11.5 Å². The third-order valence-electron chi connectivity index (χ3n) is 6.01. The maximum atomic E-state index is 12.3. The van der Waals surface area contributed by atoms with E-state index in [0.717, 1.165) is 20.1 Å². The molecule has 220 valence electrons. The molecule has 0 aliphatic heterocycles. The Hall–Kier alpha value is -4.28. The summed E-state index contributed by atoms with van der Waals surface area (Å²) in [5.74, 6) is 0.673. The topological polar surface area (TPSA) is 101 Å². The average Bonchev–Trinajstić information content (AvgIpc) is 3.01. The van der Waals surface area contributed by atoms with Crippen molar-refractivity contribution < 1.29 is 19.1 Å². The number of hydrogen-bond donors (Lipinski definition) is 2. The van der Waals surface area contributed by atoms with E-state index in [0.29, 0.717) is 42.3 Å². The predicted octanol–water partition coefficient (Wildman–Crippen LogP) is 7.14. The second kappa shape index (κ2) is 17.0. The Balaban J connectivity index is 1.19. The van der Waals surface area contributed by atoms with Crippen molar-refractivity contribution in [2.45, 2.75) is 32.5 Å². The fraction of sp³-hybridized carbons (Fsp3) is 0.152. The molecule has 4 rings (SSSR count). The number of halogens is 2. The zero-order chi connectivity index (χ0) is 30.3. The summed E-state index contributed by atoms with van der Waals surface area (Å²) in [4.78, 5) is 24.5. The summed E-state index contributed by atoms with van der Waals surface area (Å²) < 4.78 is 13.6. The van der Waals surface area contributed by atoms with E-state index in [2.05, 4.69) is 52.9 Å². The normalized spacial score (nSPS) is 11.0. The average molecular weight is 706 g/mol. The Kier molecular flexibility index (Phi) is 12.5. The van der Waals surface area contributed by atoms with Crippen LogP contribution in [0.4, 0.5) is 0 Å². The van der Waals surface area contributed by atoms with Crippen molar-refractivity contribution in [1.82, 2.24) is 10.9 Å². The largest absolute Gasteiger partial charge is 0.488 e. The Morgan fingerprint density at radius 1 is 0.628 bits per heavy atom. The number of carbonyl (C=O) groups excluding carboxylic acids is 2. The van der Waals surface area contributed by atoms with Gasteiger partial charge in [0, 0.05) is 32.9 Å². The van der Waals surface area contributed by atoms with Gasteiger partial charge in [0.2, 0.25) is 11.8 Å². The van der Waals surface area contributed by atoms with E-state index >= 15 is 0 Å². The highest BCUT2D eigenvalue weighted by Crippen LogP contribution is 2.24. The zero-order valence-electron chi connectivity index (χ0n) is 23.2. The lowest BCUT2D eigenvalue weighted by atomic mass is 10.2. The summed E-state index contributed by atoms with van der Waals surface area (Å²) in [6, 6.07) is 30.8. The van der Waals surface area contributed by atoms with Gasteiger partial charge in [0.1, 0.15) is 24.7 Å². The molecule has 2 amide bonds. The molecule has 10 heteroatoms. The van der Waals surface area contributed by atoms with Crippen LogP contribution in [-0.4, -0.2) is 24.2 Å². The molecular weight excluding hydrogens is 676 g/mol. The SMILES string of the molecule is O=C(CCCC(=O)NN=Cc1cc(Br)ccc1OCc1ccccc1)NN=Cc1cc(Br)ccc1OCc1ccccc1. The van der Waals surface area contributed by atoms with Gasteiger partial charge in [-0.3, -0.25) is 9.59 Å². The highest BCUT2D eigenvalue weighted by atomic mass is 79.9. The van der Waals surface area contributed by atoms with Crippen molar-refractivity contribution >= 4 is 56.1 Å². The Bertz CT molecular complexity index is 1450. The monoisotopic (exact) mass is 704 g/mol. The van der Waals surface area contributed by atoms with Crippen molar-refractivity contribution in [1.29, 1.82) is 0 Å². The molecule has 0 aliphatic rings. The van der Waals surface area contributed by atoms with E-state index < -0.39 is 0 Å². The lowest BCUT2D eigenvalue weighted by Gasteiger charge is -2.10. The van der Waals surface area contributed by atoms with Crippen molar-refractivity contribution in [3.8, 4) is 11.5 Å². The molecule has 0 saturated heterocycles. The van der Waals surface area contributed by atoms with Gasteiger partial charge < -0.3 is 9.47 Å². The molecule has 2 N–H and O–H groups in total. The minimum absolute atomic E-state index is 0.132. The van der Waals surface area contributed by atoms with E-state index in [1.54, 1.807) is 0 Å². The second-order valence-electron chi connectivity index (χ2n) is 9.35. The Morgan fingerprint density at radius 2 is 1.05 bits per heavy atom. The number of nitrogens with zero attached hydrogens (tertiary/aromatic N) is 2. The molecule has 0 spiro atoms. The Morgan fingerprint density at radius 3 is 1.47 bits per heavy atom. The van der Waals surface area contributed by atoms with Crippen LogP contribution < -0.4 is 20.3 Å². The predicted molar refractivity (Wildman–Crippen MR) is 175 cm³/mol. The molecule has 0 fully saturated rings. The molecule has 0 unspecified atom stereocenters. The highest BCUT2D eigenvalue weighted by Gasteiger charge is 2.07. The van der Waals surface area contributed by atoms with Gasteiger partial charge in [-0.1, -0.05) is 92.5 Å². The summed E-state index contributed by atoms with van der Waals surface area (Å²) in [5, 5.41) is 8.13. The van der Waals surface area contributed by atoms with Crippen LogP contribution >= 0.6 is 31.9 Å². The van der Waals surface area contributed by atoms with Crippen molar-refractivity contribution in [2.75, 3.05) is 0 Å². The molecule has 0 heterocycles. The van der Waals surface area contributed by atoms with E-state index in [1.807, 2.05) is 97.1 Å². The summed E-state index contributed by atoms with van der Waals surface area (Å²) in [6.45, 7) is 0.821. The van der Waals surface area contributed by atoms with Gasteiger partial charge in [0.05, 0.1) is 12.4 Å². The molecule has 43 heavy (non-hydrogen) atoms. The van der Waals surface area contributed by atoms with Gasteiger partial charge >= 0.3 is 0 Å². The molecule has 0 bridgehead atoms. The maximum absolute atomic E-state index is 12.3. The van der Waals surface area contributed by atoms with Crippen molar-refractivity contribution in [2.24, 2.45) is 10.2 Å². The standard InChI is InChI=1S/C33H30Br2N4O4/c34-28-14-16-30(42-22-24-8-3-1-4-9-24)26(18-28)20-36-38-32(40)12-7-13-33(41)39-37-21-27-19-29(35)15-17-31(27)43-23-25-10-5-2-6-11-25/h1-6,8-11,14-21H,7,12-13,22-23H2,(H,38,40)(H,39,41). The number of nitrogens with one attached hydrogen (secondary N) is 2. The second-order valence-corrected chi connectivity index (χ2v) is 11.2. The first-order chi connectivity index (χ1) is 21.0. The minimum atomic E-state index is -0.302. The van der Waals surface area contributed by atoms with E-state index in [9.17, 15) is 9.59 Å². The van der Waals surface area contributed by atoms with Crippen LogP contribution in [0, 0.1) is 0 Å². The number of hydrogen-bond acceptors (Lipinski definition) is 6. The molecule has 0 radical (unpaired) electrons. The molecule has 0 aliphatic carbocycles. The van der Waals surface area contributed by atoms with Gasteiger partial charge in [-0.2, -0.15) is 10.2 Å². The summed E-state index contributed by atoms with van der Waals surface area (Å²) in [5.41, 5.74) is 8.52. The lowest BCUT2D eigenvalue weighted by Crippen LogP contribution is -2.20. The van der Waals surface area contributed by atoms with E-state index in [4.69, 9.17) is 9.47 Å². The number of hydrazone groups is 2. The fourth-order valence-electron chi connectivity index (χ4n) is 3.84. The smallest absolute Gasteiger partial charge is 0.240 e. The van der Waals surface area contributed by atoms with Crippen LogP contribution in [0.15, 0.2) is 116 Å². The summed E-state index contributed by atoms with van der Waals surface area (Å²) in [7, 11) is 0. The molecule has 4 aromatic carbocycles. The maximum Gasteiger partial charge on any atom is 0.240 e. The van der Waals surface area contributed by atoms with Crippen LogP contribution in [0.3, 0.4) is 0 Å². The first-order valence-corrected chi connectivity index (χ1v) is 15.1. The Labute approximate surface area is 267 Å². The fourth-order valence-corrected chi connectivity index (χ4v) is 4.60. The number of ether oxygens (including phenoxy) is 2. The number of amides is 2. The number of carbonyl (C=O) groups is 2. The quantitative estimate of drug-likeness (QED) is 0.108. The van der Waals surface area contributed by atoms with Crippen LogP contribution in [0.2, 0.25) is 0 Å². The van der Waals surface area contributed by atoms with Crippen molar-refractivity contribution in [3.05, 3.63) is 128 Å². The first-order valence-electron chi connectivity index (χ1n) is 13.5. The molecule has 8 nitrogen and oxygen atoms in total. The molecule has 4 aromatic rings. The summed E-state index contributed by atoms with van der Waals surface area (Å²) >= 11 is 6.91.